The Balaban J connectivity index is 1.83. The largest absolute Gasteiger partial charge is 0.465 e. The lowest BCUT2D eigenvalue weighted by Gasteiger charge is -2.14. The van der Waals surface area contributed by atoms with Crippen LogP contribution < -0.4 is 15.5 Å². The molecule has 3 rings (SSSR count). The van der Waals surface area contributed by atoms with Gasteiger partial charge in [-0.1, -0.05) is 0 Å². The summed E-state index contributed by atoms with van der Waals surface area (Å²) in [4.78, 5) is 38.3. The maximum absolute atomic E-state index is 12.6. The molecule has 0 radical (unpaired) electrons. The minimum Gasteiger partial charge on any atom is -0.465 e. The summed E-state index contributed by atoms with van der Waals surface area (Å²) in [5.41, 5.74) is 0.439. The Morgan fingerprint density at radius 3 is 2.46 bits per heavy atom. The predicted molar refractivity (Wildman–Crippen MR) is 99.3 cm³/mol. The second kappa shape index (κ2) is 8.44. The number of ether oxygens (including phenoxy) is 2. The Labute approximate surface area is 160 Å². The first kappa shape index (κ1) is 19.2. The molecule has 28 heavy (non-hydrogen) atoms. The Morgan fingerprint density at radius 2 is 1.86 bits per heavy atom. The maximum atomic E-state index is 12.6. The molecule has 0 aliphatic carbocycles. The normalized spacial score (nSPS) is 13.1. The number of nitrogens with zero attached hydrogens (tertiary/aromatic N) is 3. The van der Waals surface area contributed by atoms with E-state index in [0.29, 0.717) is 12.5 Å². The third kappa shape index (κ3) is 4.07. The van der Waals surface area contributed by atoms with E-state index in [9.17, 15) is 14.4 Å². The van der Waals surface area contributed by atoms with Crippen molar-refractivity contribution in [1.82, 2.24) is 15.5 Å². The zero-order valence-electron chi connectivity index (χ0n) is 15.4. The van der Waals surface area contributed by atoms with Gasteiger partial charge < -0.3 is 19.7 Å². The van der Waals surface area contributed by atoms with Gasteiger partial charge in [0.25, 0.3) is 5.91 Å². The molecule has 1 saturated heterocycles. The van der Waals surface area contributed by atoms with Crippen molar-refractivity contribution >= 4 is 29.4 Å². The van der Waals surface area contributed by atoms with Crippen LogP contribution in [0.25, 0.3) is 0 Å². The average Bonchev–Trinajstić information content (AvgIpc) is 3.27. The molecule has 0 bridgehead atoms. The van der Waals surface area contributed by atoms with Crippen LogP contribution in [0.3, 0.4) is 0 Å². The molecule has 10 nitrogen and oxygen atoms in total. The first-order valence-electron chi connectivity index (χ1n) is 8.45. The summed E-state index contributed by atoms with van der Waals surface area (Å²) in [7, 11) is 2.46. The van der Waals surface area contributed by atoms with E-state index in [1.54, 1.807) is 6.07 Å². The fourth-order valence-corrected chi connectivity index (χ4v) is 2.68. The molecule has 1 amide bonds. The summed E-state index contributed by atoms with van der Waals surface area (Å²) in [6.07, 6.45) is 0. The number of benzene rings is 1. The second-order valence-corrected chi connectivity index (χ2v) is 5.90. The van der Waals surface area contributed by atoms with Crippen LogP contribution in [-0.2, 0) is 9.47 Å². The number of hydrogen-bond acceptors (Lipinski definition) is 9. The highest BCUT2D eigenvalue weighted by Crippen LogP contribution is 2.21. The van der Waals surface area contributed by atoms with Gasteiger partial charge in [-0.25, -0.2) is 9.59 Å². The maximum Gasteiger partial charge on any atom is 0.339 e. The quantitative estimate of drug-likeness (QED) is 0.715. The molecule has 146 valence electrons. The number of carbonyl (C=O) groups excluding carboxylic acids is 3. The highest BCUT2D eigenvalue weighted by atomic mass is 16.5. The Hall–Kier alpha value is -3.53. The van der Waals surface area contributed by atoms with E-state index in [1.165, 1.54) is 38.5 Å². The van der Waals surface area contributed by atoms with E-state index in [4.69, 9.17) is 4.74 Å². The zero-order valence-corrected chi connectivity index (χ0v) is 15.4. The number of hydrogen-bond donors (Lipinski definition) is 2. The monoisotopic (exact) mass is 385 g/mol. The van der Waals surface area contributed by atoms with Gasteiger partial charge in [-0.15, -0.1) is 10.2 Å². The minimum absolute atomic E-state index is 0.0650. The number of amides is 1. The van der Waals surface area contributed by atoms with Crippen molar-refractivity contribution in [3.63, 3.8) is 0 Å². The summed E-state index contributed by atoms with van der Waals surface area (Å²) >= 11 is 0. The van der Waals surface area contributed by atoms with Crippen molar-refractivity contribution < 1.29 is 23.9 Å². The lowest BCUT2D eigenvalue weighted by Crippen LogP contribution is -2.23. The van der Waals surface area contributed by atoms with E-state index in [2.05, 4.69) is 25.6 Å². The average molecular weight is 385 g/mol. The molecule has 0 atom stereocenters. The highest BCUT2D eigenvalue weighted by molar-refractivity contribution is 6.08. The second-order valence-electron chi connectivity index (χ2n) is 5.90. The first-order chi connectivity index (χ1) is 13.5. The molecule has 2 aromatic rings. The lowest BCUT2D eigenvalue weighted by atomic mass is 10.1. The molecule has 1 aromatic heterocycles. The van der Waals surface area contributed by atoms with Gasteiger partial charge in [-0.3, -0.25) is 10.1 Å². The molecule has 2 N–H and O–H groups in total. The number of anilines is 2. The fourth-order valence-electron chi connectivity index (χ4n) is 2.68. The standard InChI is InChI=1S/C18H19N5O5/c1-27-17(25)11-3-4-12(18(26)28-2)14(9-11)20-16(24)13-5-6-15(22-21-13)23-8-7-19-10-23/h3-6,9,19H,7-8,10H2,1-2H3,(H,20,24). The number of esters is 2. The Kier molecular flexibility index (Phi) is 5.80. The van der Waals surface area contributed by atoms with Gasteiger partial charge in [0.1, 0.15) is 0 Å². The van der Waals surface area contributed by atoms with Crippen LogP contribution in [-0.4, -0.2) is 62.0 Å². The van der Waals surface area contributed by atoms with E-state index in [1.807, 2.05) is 4.90 Å². The molecular formula is C18H19N5O5. The Morgan fingerprint density at radius 1 is 1.07 bits per heavy atom. The van der Waals surface area contributed by atoms with Crippen LogP contribution >= 0.6 is 0 Å². The third-order valence-corrected chi connectivity index (χ3v) is 4.16. The van der Waals surface area contributed by atoms with Gasteiger partial charge in [0.15, 0.2) is 11.5 Å². The van der Waals surface area contributed by atoms with Crippen molar-refractivity contribution in [2.24, 2.45) is 0 Å². The summed E-state index contributed by atoms with van der Waals surface area (Å²) in [5.74, 6) is -1.18. The van der Waals surface area contributed by atoms with Crippen LogP contribution in [0.15, 0.2) is 30.3 Å². The summed E-state index contributed by atoms with van der Waals surface area (Å²) in [6, 6.07) is 7.36. The van der Waals surface area contributed by atoms with Gasteiger partial charge in [0.2, 0.25) is 0 Å². The predicted octanol–water partition coefficient (Wildman–Crippen LogP) is 0.669. The van der Waals surface area contributed by atoms with Gasteiger partial charge in [-0.05, 0) is 30.3 Å². The highest BCUT2D eigenvalue weighted by Gasteiger charge is 2.19. The van der Waals surface area contributed by atoms with Crippen molar-refractivity contribution in [2.75, 3.05) is 44.2 Å². The smallest absolute Gasteiger partial charge is 0.339 e. The summed E-state index contributed by atoms with van der Waals surface area (Å²) in [5, 5.41) is 13.8. The number of nitrogens with one attached hydrogen (secondary N) is 2. The summed E-state index contributed by atoms with van der Waals surface area (Å²) in [6.45, 7) is 2.34. The number of rotatable bonds is 5. The zero-order chi connectivity index (χ0) is 20.1. The van der Waals surface area contributed by atoms with E-state index >= 15 is 0 Å². The molecule has 1 aromatic carbocycles. The molecule has 10 heteroatoms. The minimum atomic E-state index is -0.658. The Bertz CT molecular complexity index is 894. The SMILES string of the molecule is COC(=O)c1ccc(C(=O)OC)c(NC(=O)c2ccc(N3CCNC3)nn2)c1. The lowest BCUT2D eigenvalue weighted by molar-refractivity contribution is 0.0587. The first-order valence-corrected chi connectivity index (χ1v) is 8.45. The summed E-state index contributed by atoms with van der Waals surface area (Å²) < 4.78 is 9.39. The number of carbonyl (C=O) groups is 3. The van der Waals surface area contributed by atoms with Gasteiger partial charge in [0, 0.05) is 13.1 Å². The molecule has 1 fully saturated rings. The molecular weight excluding hydrogens is 366 g/mol. The van der Waals surface area contributed by atoms with Gasteiger partial charge in [-0.2, -0.15) is 0 Å². The van der Waals surface area contributed by atoms with Crippen LogP contribution in [0, 0.1) is 0 Å². The fraction of sp³-hybridized carbons (Fsp3) is 0.278. The van der Waals surface area contributed by atoms with E-state index < -0.39 is 17.8 Å². The third-order valence-electron chi connectivity index (χ3n) is 4.16. The molecule has 1 aliphatic heterocycles. The topological polar surface area (TPSA) is 123 Å². The van der Waals surface area contributed by atoms with E-state index in [-0.39, 0.29) is 22.5 Å². The van der Waals surface area contributed by atoms with Crippen LogP contribution in [0.1, 0.15) is 31.2 Å². The van der Waals surface area contributed by atoms with Crippen LogP contribution in [0.5, 0.6) is 0 Å². The number of methoxy groups -OCH3 is 2. The molecule has 0 spiro atoms. The molecule has 2 heterocycles. The van der Waals surface area contributed by atoms with Crippen molar-refractivity contribution in [3.05, 3.63) is 47.2 Å². The van der Waals surface area contributed by atoms with E-state index in [0.717, 1.165) is 13.1 Å². The van der Waals surface area contributed by atoms with Crippen molar-refractivity contribution in [1.29, 1.82) is 0 Å². The van der Waals surface area contributed by atoms with Gasteiger partial charge in [0.05, 0.1) is 37.7 Å². The van der Waals surface area contributed by atoms with Gasteiger partial charge >= 0.3 is 11.9 Å². The van der Waals surface area contributed by atoms with Crippen LogP contribution in [0.4, 0.5) is 11.5 Å². The van der Waals surface area contributed by atoms with Crippen molar-refractivity contribution in [2.45, 2.75) is 0 Å². The molecule has 0 unspecified atom stereocenters. The van der Waals surface area contributed by atoms with Crippen molar-refractivity contribution in [3.8, 4) is 0 Å². The number of aromatic nitrogens is 2. The molecule has 0 saturated carbocycles. The molecule has 1 aliphatic rings. The van der Waals surface area contributed by atoms with Crippen LogP contribution in [0.2, 0.25) is 0 Å².